The van der Waals surface area contributed by atoms with E-state index in [0.29, 0.717) is 47.9 Å². The van der Waals surface area contributed by atoms with Crippen LogP contribution in [0, 0.1) is 0 Å². The number of nitrogens with zero attached hydrogens (tertiary/aromatic N) is 4. The third kappa shape index (κ3) is 6.26. The minimum atomic E-state index is -0.0544. The van der Waals surface area contributed by atoms with Gasteiger partial charge < -0.3 is 19.9 Å². The molecule has 0 radical (unpaired) electrons. The van der Waals surface area contributed by atoms with Gasteiger partial charge in [0.05, 0.1) is 12.9 Å². The van der Waals surface area contributed by atoms with E-state index >= 15 is 0 Å². The first-order chi connectivity index (χ1) is 15.4. The number of amides is 2. The molecule has 32 heavy (non-hydrogen) atoms. The molecule has 1 N–H and O–H groups in total. The van der Waals surface area contributed by atoms with Crippen LogP contribution in [0.2, 0.25) is 5.15 Å². The normalized spacial score (nSPS) is 16.1. The summed E-state index contributed by atoms with van der Waals surface area (Å²) in [4.78, 5) is 37.6. The van der Waals surface area contributed by atoms with Crippen LogP contribution in [-0.2, 0) is 4.79 Å². The molecule has 10 heteroatoms. The Balaban J connectivity index is 1.63. The summed E-state index contributed by atoms with van der Waals surface area (Å²) >= 11 is 7.48. The van der Waals surface area contributed by atoms with Crippen molar-refractivity contribution in [1.29, 1.82) is 0 Å². The number of anilines is 1. The van der Waals surface area contributed by atoms with E-state index in [1.165, 1.54) is 11.8 Å². The summed E-state index contributed by atoms with van der Waals surface area (Å²) in [7, 11) is 1.60. The second-order valence-corrected chi connectivity index (χ2v) is 8.82. The van der Waals surface area contributed by atoms with Crippen LogP contribution in [0.3, 0.4) is 0 Å². The Hall–Kier alpha value is -2.52. The van der Waals surface area contributed by atoms with Gasteiger partial charge in [-0.05, 0) is 37.6 Å². The van der Waals surface area contributed by atoms with Crippen LogP contribution in [0.15, 0.2) is 35.5 Å². The average Bonchev–Trinajstić information content (AvgIpc) is 2.80. The number of benzene rings is 1. The minimum absolute atomic E-state index is 0.00476. The van der Waals surface area contributed by atoms with Crippen LogP contribution < -0.4 is 15.0 Å². The van der Waals surface area contributed by atoms with Crippen LogP contribution in [0.1, 0.15) is 30.6 Å². The lowest BCUT2D eigenvalue weighted by molar-refractivity contribution is -0.118. The standard InChI is InChI=1S/C22H28ClN5O3S/c1-4-9-24-20(29)14-32-22-25-18(23)12-19(26-22)27-10-11-28(15(2)13-27)21(30)16-5-7-17(31-3)8-6-16/h5-8,12,15H,4,9-11,13-14H2,1-3H3,(H,24,29). The van der Waals surface area contributed by atoms with Gasteiger partial charge in [0.25, 0.3) is 5.91 Å². The predicted molar refractivity (Wildman–Crippen MR) is 127 cm³/mol. The van der Waals surface area contributed by atoms with E-state index in [0.717, 1.165) is 12.2 Å². The van der Waals surface area contributed by atoms with Gasteiger partial charge in [-0.1, -0.05) is 30.3 Å². The summed E-state index contributed by atoms with van der Waals surface area (Å²) in [6, 6.07) is 8.85. The number of piperazine rings is 1. The maximum absolute atomic E-state index is 13.0. The van der Waals surface area contributed by atoms with Gasteiger partial charge in [-0.15, -0.1) is 0 Å². The Labute approximate surface area is 197 Å². The number of hydrogen-bond donors (Lipinski definition) is 1. The molecule has 1 aliphatic rings. The Bertz CT molecular complexity index is 944. The molecule has 172 valence electrons. The van der Waals surface area contributed by atoms with Crippen LogP contribution in [0.25, 0.3) is 0 Å². The van der Waals surface area contributed by atoms with Crippen molar-refractivity contribution in [3.8, 4) is 5.75 Å². The van der Waals surface area contributed by atoms with Crippen molar-refractivity contribution in [3.05, 3.63) is 41.0 Å². The van der Waals surface area contributed by atoms with E-state index in [4.69, 9.17) is 16.3 Å². The minimum Gasteiger partial charge on any atom is -0.497 e. The highest BCUT2D eigenvalue weighted by molar-refractivity contribution is 7.99. The molecule has 1 atom stereocenters. The molecule has 0 saturated carbocycles. The first-order valence-electron chi connectivity index (χ1n) is 10.5. The summed E-state index contributed by atoms with van der Waals surface area (Å²) < 4.78 is 5.17. The first-order valence-corrected chi connectivity index (χ1v) is 11.9. The molecule has 1 unspecified atom stereocenters. The molecule has 0 aliphatic carbocycles. The molecular formula is C22H28ClN5O3S. The van der Waals surface area contributed by atoms with Gasteiger partial charge in [0.1, 0.15) is 16.7 Å². The van der Waals surface area contributed by atoms with E-state index < -0.39 is 0 Å². The average molecular weight is 478 g/mol. The molecule has 1 aliphatic heterocycles. The molecule has 3 rings (SSSR count). The molecule has 0 spiro atoms. The molecule has 1 saturated heterocycles. The Morgan fingerprint density at radius 2 is 2.00 bits per heavy atom. The van der Waals surface area contributed by atoms with E-state index in [2.05, 4.69) is 20.2 Å². The van der Waals surface area contributed by atoms with Crippen LogP contribution >= 0.6 is 23.4 Å². The number of halogens is 1. The monoisotopic (exact) mass is 477 g/mol. The van der Waals surface area contributed by atoms with Gasteiger partial charge >= 0.3 is 0 Å². The third-order valence-corrected chi connectivity index (χ3v) is 6.16. The number of thioether (sulfide) groups is 1. The smallest absolute Gasteiger partial charge is 0.254 e. The second-order valence-electron chi connectivity index (χ2n) is 7.49. The molecule has 2 aromatic rings. The van der Waals surface area contributed by atoms with Crippen molar-refractivity contribution in [1.82, 2.24) is 20.2 Å². The Morgan fingerprint density at radius 1 is 1.25 bits per heavy atom. The second kappa shape index (κ2) is 11.4. The van der Waals surface area contributed by atoms with Crippen molar-refractivity contribution in [2.45, 2.75) is 31.5 Å². The van der Waals surface area contributed by atoms with Crippen LogP contribution in [0.5, 0.6) is 5.75 Å². The van der Waals surface area contributed by atoms with Gasteiger partial charge in [0, 0.05) is 43.9 Å². The molecule has 0 bridgehead atoms. The fourth-order valence-corrected chi connectivity index (χ4v) is 4.34. The molecule has 2 amide bonds. The van der Waals surface area contributed by atoms with Crippen molar-refractivity contribution in [2.24, 2.45) is 0 Å². The summed E-state index contributed by atoms with van der Waals surface area (Å²) in [5.74, 6) is 1.60. The highest BCUT2D eigenvalue weighted by Crippen LogP contribution is 2.25. The summed E-state index contributed by atoms with van der Waals surface area (Å²) in [5.41, 5.74) is 0.635. The molecule has 2 heterocycles. The van der Waals surface area contributed by atoms with Crippen molar-refractivity contribution in [2.75, 3.05) is 43.9 Å². The SMILES string of the molecule is CCCNC(=O)CSc1nc(Cl)cc(N2CCN(C(=O)c3ccc(OC)cc3)C(C)C2)n1. The van der Waals surface area contributed by atoms with Gasteiger partial charge in [-0.3, -0.25) is 9.59 Å². The zero-order chi connectivity index (χ0) is 23.1. The lowest BCUT2D eigenvalue weighted by Gasteiger charge is -2.40. The van der Waals surface area contributed by atoms with Crippen molar-refractivity contribution < 1.29 is 14.3 Å². The zero-order valence-corrected chi connectivity index (χ0v) is 20.1. The lowest BCUT2D eigenvalue weighted by Crippen LogP contribution is -2.54. The summed E-state index contributed by atoms with van der Waals surface area (Å²) in [6.45, 7) is 6.49. The predicted octanol–water partition coefficient (Wildman–Crippen LogP) is 3.11. The molecule has 1 aromatic heterocycles. The van der Waals surface area contributed by atoms with E-state index in [1.54, 1.807) is 37.4 Å². The van der Waals surface area contributed by atoms with Gasteiger partial charge in [0.2, 0.25) is 5.91 Å². The van der Waals surface area contributed by atoms with Crippen LogP contribution in [-0.4, -0.2) is 71.8 Å². The quantitative estimate of drug-likeness (QED) is 0.355. The number of nitrogens with one attached hydrogen (secondary N) is 1. The molecule has 8 nitrogen and oxygen atoms in total. The number of rotatable bonds is 8. The molecule has 1 aromatic carbocycles. The first kappa shape index (κ1) is 24.1. The van der Waals surface area contributed by atoms with Gasteiger partial charge in [0.15, 0.2) is 5.16 Å². The Morgan fingerprint density at radius 3 is 2.66 bits per heavy atom. The fraction of sp³-hybridized carbons (Fsp3) is 0.455. The summed E-state index contributed by atoms with van der Waals surface area (Å²) in [5, 5.41) is 3.62. The van der Waals surface area contributed by atoms with Gasteiger partial charge in [-0.2, -0.15) is 0 Å². The van der Waals surface area contributed by atoms with E-state index in [9.17, 15) is 9.59 Å². The van der Waals surface area contributed by atoms with Crippen molar-refractivity contribution >= 4 is 41.0 Å². The summed E-state index contributed by atoms with van der Waals surface area (Å²) in [6.07, 6.45) is 0.888. The lowest BCUT2D eigenvalue weighted by atomic mass is 10.1. The molecule has 1 fully saturated rings. The topological polar surface area (TPSA) is 87.7 Å². The third-order valence-electron chi connectivity index (χ3n) is 5.11. The van der Waals surface area contributed by atoms with E-state index in [-0.39, 0.29) is 23.6 Å². The van der Waals surface area contributed by atoms with Crippen molar-refractivity contribution in [3.63, 3.8) is 0 Å². The highest BCUT2D eigenvalue weighted by atomic mass is 35.5. The maximum atomic E-state index is 13.0. The maximum Gasteiger partial charge on any atom is 0.254 e. The Kier molecular flexibility index (Phi) is 8.58. The number of hydrogen-bond acceptors (Lipinski definition) is 7. The van der Waals surface area contributed by atoms with Crippen LogP contribution in [0.4, 0.5) is 5.82 Å². The number of carbonyl (C=O) groups is 2. The zero-order valence-electron chi connectivity index (χ0n) is 18.5. The largest absolute Gasteiger partial charge is 0.497 e. The number of carbonyl (C=O) groups excluding carboxylic acids is 2. The van der Waals surface area contributed by atoms with Gasteiger partial charge in [-0.25, -0.2) is 9.97 Å². The number of aromatic nitrogens is 2. The highest BCUT2D eigenvalue weighted by Gasteiger charge is 2.29. The fourth-order valence-electron chi connectivity index (χ4n) is 3.42. The number of methoxy groups -OCH3 is 1. The van der Waals surface area contributed by atoms with E-state index in [1.807, 2.05) is 18.7 Å². The molecular weight excluding hydrogens is 450 g/mol. The number of ether oxygens (including phenoxy) is 1.